The number of aromatic nitrogens is 2. The van der Waals surface area contributed by atoms with Gasteiger partial charge in [0.25, 0.3) is 0 Å². The summed E-state index contributed by atoms with van der Waals surface area (Å²) in [6, 6.07) is 21.1. The molecule has 1 heterocycles. The van der Waals surface area contributed by atoms with E-state index in [1.807, 2.05) is 47.0 Å². The lowest BCUT2D eigenvalue weighted by atomic mass is 10.2. The number of allylic oxidation sites excluding steroid dienone is 1. The zero-order chi connectivity index (χ0) is 19.5. The molecule has 28 heavy (non-hydrogen) atoms. The number of hydrogen-bond donors (Lipinski definition) is 0. The summed E-state index contributed by atoms with van der Waals surface area (Å²) in [5.41, 5.74) is 3.23. The molecule has 0 fully saturated rings. The Hall–Kier alpha value is -3.24. The van der Waals surface area contributed by atoms with Gasteiger partial charge < -0.3 is 4.57 Å². The van der Waals surface area contributed by atoms with Crippen LogP contribution in [0, 0.1) is 5.82 Å². The van der Waals surface area contributed by atoms with E-state index in [9.17, 15) is 9.18 Å². The van der Waals surface area contributed by atoms with Crippen molar-refractivity contribution in [3.05, 3.63) is 107 Å². The van der Waals surface area contributed by atoms with E-state index >= 15 is 0 Å². The van der Waals surface area contributed by atoms with E-state index in [-0.39, 0.29) is 11.6 Å². The van der Waals surface area contributed by atoms with Crippen molar-refractivity contribution in [1.82, 2.24) is 9.55 Å². The van der Waals surface area contributed by atoms with Crippen LogP contribution in [-0.2, 0) is 6.54 Å². The maximum Gasteiger partial charge on any atom is 0.221 e. The number of imidazole rings is 1. The number of hydrogen-bond acceptors (Lipinski definition) is 2. The highest BCUT2D eigenvalue weighted by molar-refractivity contribution is 6.32. The monoisotopic (exact) mass is 390 g/mol. The van der Waals surface area contributed by atoms with Gasteiger partial charge in [-0.15, -0.1) is 0 Å². The Morgan fingerprint density at radius 3 is 2.50 bits per heavy atom. The molecule has 0 unspecified atom stereocenters. The van der Waals surface area contributed by atoms with Crippen LogP contribution in [0.3, 0.4) is 0 Å². The van der Waals surface area contributed by atoms with Crippen molar-refractivity contribution < 1.29 is 9.18 Å². The van der Waals surface area contributed by atoms with Crippen molar-refractivity contribution in [2.45, 2.75) is 6.54 Å². The van der Waals surface area contributed by atoms with Gasteiger partial charge in [-0.1, -0.05) is 54.1 Å². The van der Waals surface area contributed by atoms with E-state index in [1.165, 1.54) is 18.2 Å². The molecule has 0 saturated heterocycles. The zero-order valence-electron chi connectivity index (χ0n) is 14.8. The number of para-hydroxylation sites is 2. The van der Waals surface area contributed by atoms with Gasteiger partial charge in [-0.2, -0.15) is 0 Å². The van der Waals surface area contributed by atoms with Gasteiger partial charge in [-0.3, -0.25) is 4.79 Å². The molecule has 0 atom stereocenters. The van der Waals surface area contributed by atoms with Crippen LogP contribution in [0.15, 0.2) is 78.9 Å². The van der Waals surface area contributed by atoms with Crippen LogP contribution < -0.4 is 0 Å². The Kier molecular flexibility index (Phi) is 5.04. The average Bonchev–Trinajstić information content (AvgIpc) is 3.07. The molecule has 4 rings (SSSR count). The second-order valence-corrected chi connectivity index (χ2v) is 6.76. The van der Waals surface area contributed by atoms with Crippen LogP contribution in [0.2, 0.25) is 5.02 Å². The maximum absolute atomic E-state index is 13.2. The highest BCUT2D eigenvalue weighted by Crippen LogP contribution is 2.20. The Labute approximate surface area is 166 Å². The highest BCUT2D eigenvalue weighted by atomic mass is 35.5. The molecule has 0 aliphatic rings. The normalized spacial score (nSPS) is 11.4. The molecule has 0 N–H and O–H groups in total. The van der Waals surface area contributed by atoms with Crippen molar-refractivity contribution in [3.63, 3.8) is 0 Å². The minimum atomic E-state index is -0.293. The number of carbonyl (C=O) groups is 1. The van der Waals surface area contributed by atoms with Crippen LogP contribution in [0.5, 0.6) is 0 Å². The first-order valence-electron chi connectivity index (χ1n) is 8.78. The third-order valence-corrected chi connectivity index (χ3v) is 4.79. The van der Waals surface area contributed by atoms with Gasteiger partial charge in [0.1, 0.15) is 5.82 Å². The van der Waals surface area contributed by atoms with Gasteiger partial charge in [0.05, 0.1) is 11.0 Å². The number of nitrogens with zero attached hydrogens (tertiary/aromatic N) is 2. The van der Waals surface area contributed by atoms with E-state index < -0.39 is 0 Å². The molecule has 0 spiro atoms. The molecule has 4 aromatic rings. The predicted molar refractivity (Wildman–Crippen MR) is 110 cm³/mol. The van der Waals surface area contributed by atoms with Crippen molar-refractivity contribution in [2.24, 2.45) is 0 Å². The first-order chi connectivity index (χ1) is 13.6. The molecule has 3 nitrogen and oxygen atoms in total. The smallest absolute Gasteiger partial charge is 0.221 e. The van der Waals surface area contributed by atoms with Crippen LogP contribution in [-0.4, -0.2) is 15.3 Å². The fourth-order valence-corrected chi connectivity index (χ4v) is 3.25. The molecule has 0 amide bonds. The van der Waals surface area contributed by atoms with Gasteiger partial charge in [-0.05, 0) is 53.6 Å². The van der Waals surface area contributed by atoms with Gasteiger partial charge in [-0.25, -0.2) is 9.37 Å². The summed E-state index contributed by atoms with van der Waals surface area (Å²) < 4.78 is 15.1. The van der Waals surface area contributed by atoms with E-state index in [1.54, 1.807) is 24.3 Å². The van der Waals surface area contributed by atoms with Crippen LogP contribution in [0.1, 0.15) is 21.7 Å². The SMILES string of the molecule is O=C(/C=C/c1ccccc1Cl)c1nc2ccccc2n1Cc1ccc(F)cc1. The highest BCUT2D eigenvalue weighted by Gasteiger charge is 2.16. The van der Waals surface area contributed by atoms with Crippen molar-refractivity contribution >= 4 is 34.5 Å². The fourth-order valence-electron chi connectivity index (χ4n) is 3.05. The molecule has 0 bridgehead atoms. The van der Waals surface area contributed by atoms with E-state index in [0.717, 1.165) is 22.2 Å². The number of fused-ring (bicyclic) bond motifs is 1. The predicted octanol–water partition coefficient (Wildman–Crippen LogP) is 5.77. The number of halogens is 2. The molecule has 0 radical (unpaired) electrons. The second-order valence-electron chi connectivity index (χ2n) is 6.36. The molecule has 3 aromatic carbocycles. The van der Waals surface area contributed by atoms with E-state index in [4.69, 9.17) is 11.6 Å². The summed E-state index contributed by atoms with van der Waals surface area (Å²) >= 11 is 6.16. The molecule has 0 aliphatic carbocycles. The summed E-state index contributed by atoms with van der Waals surface area (Å²) in [4.78, 5) is 17.4. The summed E-state index contributed by atoms with van der Waals surface area (Å²) in [6.45, 7) is 0.418. The van der Waals surface area contributed by atoms with Gasteiger partial charge in [0.15, 0.2) is 5.82 Å². The minimum absolute atomic E-state index is 0.224. The number of carbonyl (C=O) groups excluding carboxylic acids is 1. The summed E-state index contributed by atoms with van der Waals surface area (Å²) in [5.74, 6) is -0.190. The Bertz CT molecular complexity index is 1180. The van der Waals surface area contributed by atoms with Gasteiger partial charge >= 0.3 is 0 Å². The molecule has 0 aliphatic heterocycles. The van der Waals surface area contributed by atoms with Crippen molar-refractivity contribution in [2.75, 3.05) is 0 Å². The Balaban J connectivity index is 1.72. The molecule has 0 saturated carbocycles. The number of ketones is 1. The fraction of sp³-hybridized carbons (Fsp3) is 0.0435. The molecule has 5 heteroatoms. The van der Waals surface area contributed by atoms with E-state index in [2.05, 4.69) is 4.98 Å². The first kappa shape index (κ1) is 18.1. The quantitative estimate of drug-likeness (QED) is 0.320. The summed E-state index contributed by atoms with van der Waals surface area (Å²) in [7, 11) is 0. The van der Waals surface area contributed by atoms with Crippen LogP contribution >= 0.6 is 11.6 Å². The Morgan fingerprint density at radius 1 is 1.00 bits per heavy atom. The first-order valence-corrected chi connectivity index (χ1v) is 9.16. The molecular formula is C23H16ClFN2O. The third-order valence-electron chi connectivity index (χ3n) is 4.45. The molecule has 1 aromatic heterocycles. The largest absolute Gasteiger partial charge is 0.317 e. The number of benzene rings is 3. The van der Waals surface area contributed by atoms with E-state index in [0.29, 0.717) is 17.4 Å². The lowest BCUT2D eigenvalue weighted by Gasteiger charge is -2.08. The second kappa shape index (κ2) is 7.79. The van der Waals surface area contributed by atoms with Crippen molar-refractivity contribution in [3.8, 4) is 0 Å². The average molecular weight is 391 g/mol. The Morgan fingerprint density at radius 2 is 1.71 bits per heavy atom. The standard InChI is InChI=1S/C23H16ClFN2O/c24-19-6-2-1-5-17(19)11-14-22(28)23-26-20-7-3-4-8-21(20)27(23)15-16-9-12-18(25)13-10-16/h1-14H,15H2/b14-11+. The lowest BCUT2D eigenvalue weighted by molar-refractivity contribution is 0.103. The maximum atomic E-state index is 13.2. The third kappa shape index (κ3) is 3.73. The van der Waals surface area contributed by atoms with Gasteiger partial charge in [0.2, 0.25) is 5.78 Å². The van der Waals surface area contributed by atoms with Crippen LogP contribution in [0.4, 0.5) is 4.39 Å². The topological polar surface area (TPSA) is 34.9 Å². The van der Waals surface area contributed by atoms with Crippen molar-refractivity contribution in [1.29, 1.82) is 0 Å². The van der Waals surface area contributed by atoms with Crippen LogP contribution in [0.25, 0.3) is 17.1 Å². The summed E-state index contributed by atoms with van der Waals surface area (Å²) in [6.07, 6.45) is 3.16. The summed E-state index contributed by atoms with van der Waals surface area (Å²) in [5, 5.41) is 0.575. The van der Waals surface area contributed by atoms with Gasteiger partial charge in [0, 0.05) is 11.6 Å². The minimum Gasteiger partial charge on any atom is -0.317 e. The number of rotatable bonds is 5. The lowest BCUT2D eigenvalue weighted by Crippen LogP contribution is -2.09. The zero-order valence-corrected chi connectivity index (χ0v) is 15.6. The molecular weight excluding hydrogens is 375 g/mol. The molecule has 138 valence electrons.